The van der Waals surface area contributed by atoms with E-state index in [4.69, 9.17) is 4.98 Å². The molecule has 4 rings (SSSR count). The van der Waals surface area contributed by atoms with Gasteiger partial charge < -0.3 is 4.98 Å². The Morgan fingerprint density at radius 3 is 2.46 bits per heavy atom. The lowest BCUT2D eigenvalue weighted by Crippen LogP contribution is -1.87. The van der Waals surface area contributed by atoms with E-state index in [0.717, 1.165) is 44.1 Å². The molecule has 2 aromatic heterocycles. The summed E-state index contributed by atoms with van der Waals surface area (Å²) in [4.78, 5) is 12.7. The molecule has 128 valence electrons. The third-order valence-electron chi connectivity index (χ3n) is 4.20. The molecule has 0 aliphatic rings. The van der Waals surface area contributed by atoms with E-state index >= 15 is 0 Å². The standard InChI is InChI=1S/C21H15BrFN3/c1-13-5-4-6-16(22)18(13)21-25-19(14-8-10-15(23)11-9-14)20(26-21)17-7-2-3-12-24-17/h2-12H,1H3,(H,25,26). The zero-order chi connectivity index (χ0) is 18.1. The van der Waals surface area contributed by atoms with Crippen LogP contribution < -0.4 is 0 Å². The second-order valence-corrected chi connectivity index (χ2v) is 6.82. The number of aryl methyl sites for hydroxylation is 1. The molecular formula is C21H15BrFN3. The van der Waals surface area contributed by atoms with Gasteiger partial charge in [-0.1, -0.05) is 34.1 Å². The van der Waals surface area contributed by atoms with Gasteiger partial charge >= 0.3 is 0 Å². The predicted octanol–water partition coefficient (Wildman–Crippen LogP) is 6.02. The molecule has 0 atom stereocenters. The Hall–Kier alpha value is -2.79. The molecule has 2 heterocycles. The quantitative estimate of drug-likeness (QED) is 0.451. The van der Waals surface area contributed by atoms with E-state index in [2.05, 4.69) is 25.9 Å². The second kappa shape index (κ2) is 6.84. The summed E-state index contributed by atoms with van der Waals surface area (Å²) in [5.41, 5.74) is 5.27. The van der Waals surface area contributed by atoms with Gasteiger partial charge in [-0.25, -0.2) is 9.37 Å². The molecule has 0 aliphatic heterocycles. The minimum atomic E-state index is -0.273. The minimum absolute atomic E-state index is 0.273. The monoisotopic (exact) mass is 407 g/mol. The summed E-state index contributed by atoms with van der Waals surface area (Å²) < 4.78 is 14.3. The van der Waals surface area contributed by atoms with Crippen LogP contribution in [0.25, 0.3) is 34.0 Å². The number of nitrogens with zero attached hydrogens (tertiary/aromatic N) is 2. The molecule has 5 heteroatoms. The normalized spacial score (nSPS) is 10.9. The molecule has 0 radical (unpaired) electrons. The highest BCUT2D eigenvalue weighted by molar-refractivity contribution is 9.10. The summed E-state index contributed by atoms with van der Waals surface area (Å²) in [6, 6.07) is 18.1. The second-order valence-electron chi connectivity index (χ2n) is 5.96. The van der Waals surface area contributed by atoms with E-state index in [0.29, 0.717) is 0 Å². The van der Waals surface area contributed by atoms with E-state index in [1.165, 1.54) is 12.1 Å². The average molecular weight is 408 g/mol. The van der Waals surface area contributed by atoms with E-state index in [-0.39, 0.29) is 5.82 Å². The zero-order valence-electron chi connectivity index (χ0n) is 14.0. The van der Waals surface area contributed by atoms with Gasteiger partial charge in [-0.15, -0.1) is 0 Å². The van der Waals surface area contributed by atoms with Crippen molar-refractivity contribution in [3.63, 3.8) is 0 Å². The van der Waals surface area contributed by atoms with Crippen molar-refractivity contribution < 1.29 is 4.39 Å². The van der Waals surface area contributed by atoms with Crippen molar-refractivity contribution in [1.29, 1.82) is 0 Å². The summed E-state index contributed by atoms with van der Waals surface area (Å²) in [5, 5.41) is 0. The Labute approximate surface area is 159 Å². The van der Waals surface area contributed by atoms with Crippen LogP contribution in [0.15, 0.2) is 71.3 Å². The fourth-order valence-corrected chi connectivity index (χ4v) is 3.59. The molecule has 3 nitrogen and oxygen atoms in total. The molecule has 0 bridgehead atoms. The molecule has 1 N–H and O–H groups in total. The zero-order valence-corrected chi connectivity index (χ0v) is 15.6. The summed E-state index contributed by atoms with van der Waals surface area (Å²) in [7, 11) is 0. The lowest BCUT2D eigenvalue weighted by molar-refractivity contribution is 0.628. The number of rotatable bonds is 3. The Kier molecular flexibility index (Phi) is 4.39. The largest absolute Gasteiger partial charge is 0.336 e. The van der Waals surface area contributed by atoms with Crippen molar-refractivity contribution in [1.82, 2.24) is 15.0 Å². The van der Waals surface area contributed by atoms with Gasteiger partial charge in [0.2, 0.25) is 0 Å². The fraction of sp³-hybridized carbons (Fsp3) is 0.0476. The van der Waals surface area contributed by atoms with Gasteiger partial charge in [-0.3, -0.25) is 4.98 Å². The molecule has 2 aromatic carbocycles. The number of pyridine rings is 1. The van der Waals surface area contributed by atoms with E-state index in [1.807, 2.05) is 43.3 Å². The Morgan fingerprint density at radius 2 is 1.77 bits per heavy atom. The van der Waals surface area contributed by atoms with Gasteiger partial charge in [0.1, 0.15) is 11.6 Å². The Morgan fingerprint density at radius 1 is 0.962 bits per heavy atom. The highest BCUT2D eigenvalue weighted by atomic mass is 79.9. The lowest BCUT2D eigenvalue weighted by Gasteiger charge is -2.04. The van der Waals surface area contributed by atoms with Crippen LogP contribution in [0.4, 0.5) is 4.39 Å². The molecule has 0 aliphatic carbocycles. The number of aromatic nitrogens is 3. The van der Waals surface area contributed by atoms with Crippen molar-refractivity contribution >= 4 is 15.9 Å². The first-order chi connectivity index (χ1) is 12.6. The summed E-state index contributed by atoms with van der Waals surface area (Å²) in [5.74, 6) is 0.473. The molecule has 0 saturated carbocycles. The lowest BCUT2D eigenvalue weighted by atomic mass is 10.1. The van der Waals surface area contributed by atoms with Crippen molar-refractivity contribution in [2.24, 2.45) is 0 Å². The molecule has 0 fully saturated rings. The van der Waals surface area contributed by atoms with Crippen LogP contribution in [-0.4, -0.2) is 15.0 Å². The van der Waals surface area contributed by atoms with Crippen LogP contribution in [0.1, 0.15) is 5.56 Å². The predicted molar refractivity (Wildman–Crippen MR) is 105 cm³/mol. The van der Waals surface area contributed by atoms with Gasteiger partial charge in [0, 0.05) is 21.8 Å². The molecule has 26 heavy (non-hydrogen) atoms. The molecule has 0 unspecified atom stereocenters. The van der Waals surface area contributed by atoms with Crippen molar-refractivity contribution in [3.05, 3.63) is 82.7 Å². The number of hydrogen-bond acceptors (Lipinski definition) is 2. The first-order valence-electron chi connectivity index (χ1n) is 8.16. The van der Waals surface area contributed by atoms with Crippen molar-refractivity contribution in [3.8, 4) is 34.0 Å². The van der Waals surface area contributed by atoms with Gasteiger partial charge in [-0.05, 0) is 55.0 Å². The van der Waals surface area contributed by atoms with Crippen LogP contribution in [0.2, 0.25) is 0 Å². The maximum absolute atomic E-state index is 13.4. The number of H-pyrrole nitrogens is 1. The highest BCUT2D eigenvalue weighted by Crippen LogP contribution is 2.35. The topological polar surface area (TPSA) is 41.6 Å². The maximum atomic E-state index is 13.4. The van der Waals surface area contributed by atoms with E-state index in [9.17, 15) is 4.39 Å². The SMILES string of the molecule is Cc1cccc(Br)c1-c1nc(-c2ccc(F)cc2)c(-c2ccccn2)[nH]1. The number of benzene rings is 2. The molecule has 0 amide bonds. The Bertz CT molecular complexity index is 1040. The van der Waals surface area contributed by atoms with E-state index in [1.54, 1.807) is 18.3 Å². The van der Waals surface area contributed by atoms with Gasteiger partial charge in [0.25, 0.3) is 0 Å². The van der Waals surface area contributed by atoms with Crippen LogP contribution >= 0.6 is 15.9 Å². The van der Waals surface area contributed by atoms with Crippen LogP contribution in [0.5, 0.6) is 0 Å². The van der Waals surface area contributed by atoms with Crippen LogP contribution in [0.3, 0.4) is 0 Å². The smallest absolute Gasteiger partial charge is 0.139 e. The number of hydrogen-bond donors (Lipinski definition) is 1. The minimum Gasteiger partial charge on any atom is -0.336 e. The van der Waals surface area contributed by atoms with Gasteiger partial charge in [-0.2, -0.15) is 0 Å². The van der Waals surface area contributed by atoms with Gasteiger partial charge in [0.05, 0.1) is 17.1 Å². The number of aromatic amines is 1. The molecule has 0 spiro atoms. The first-order valence-corrected chi connectivity index (χ1v) is 8.95. The van der Waals surface area contributed by atoms with Crippen molar-refractivity contribution in [2.45, 2.75) is 6.92 Å². The van der Waals surface area contributed by atoms with Crippen LogP contribution in [-0.2, 0) is 0 Å². The molecule has 0 saturated heterocycles. The molecular weight excluding hydrogens is 393 g/mol. The third-order valence-corrected chi connectivity index (χ3v) is 4.86. The van der Waals surface area contributed by atoms with E-state index < -0.39 is 0 Å². The highest BCUT2D eigenvalue weighted by Gasteiger charge is 2.18. The number of imidazole rings is 1. The third kappa shape index (κ3) is 3.06. The molecule has 4 aromatic rings. The Balaban J connectivity index is 1.95. The number of halogens is 2. The first kappa shape index (κ1) is 16.7. The summed E-state index contributed by atoms with van der Waals surface area (Å²) >= 11 is 3.61. The van der Waals surface area contributed by atoms with Gasteiger partial charge in [0.15, 0.2) is 0 Å². The fourth-order valence-electron chi connectivity index (χ4n) is 2.94. The van der Waals surface area contributed by atoms with Crippen molar-refractivity contribution in [2.75, 3.05) is 0 Å². The summed E-state index contributed by atoms with van der Waals surface area (Å²) in [6.07, 6.45) is 1.74. The number of nitrogens with one attached hydrogen (secondary N) is 1. The average Bonchev–Trinajstić information content (AvgIpc) is 3.08. The maximum Gasteiger partial charge on any atom is 0.139 e. The van der Waals surface area contributed by atoms with Crippen LogP contribution in [0, 0.1) is 12.7 Å². The summed E-state index contributed by atoms with van der Waals surface area (Å²) in [6.45, 7) is 2.04.